The SMILES string of the molecule is CCC(CCN)CCc1nc(-c2cccc(Cl)c2)no1. The Bertz CT molecular complexity index is 541. The third-order valence-electron chi connectivity index (χ3n) is 3.47. The lowest BCUT2D eigenvalue weighted by molar-refractivity contribution is 0.354. The van der Waals surface area contributed by atoms with Crippen LogP contribution in [0.15, 0.2) is 28.8 Å². The molecule has 0 aliphatic carbocycles. The number of aryl methyl sites for hydroxylation is 1. The molecule has 0 radical (unpaired) electrons. The van der Waals surface area contributed by atoms with Crippen molar-refractivity contribution >= 4 is 11.6 Å². The first-order valence-electron chi connectivity index (χ1n) is 7.01. The number of aromatic nitrogens is 2. The maximum absolute atomic E-state index is 5.96. The maximum atomic E-state index is 5.96. The van der Waals surface area contributed by atoms with Gasteiger partial charge in [0.1, 0.15) is 0 Å². The largest absolute Gasteiger partial charge is 0.339 e. The summed E-state index contributed by atoms with van der Waals surface area (Å²) in [5.41, 5.74) is 6.48. The van der Waals surface area contributed by atoms with Crippen LogP contribution < -0.4 is 5.73 Å². The van der Waals surface area contributed by atoms with Crippen LogP contribution in [0.4, 0.5) is 0 Å². The minimum Gasteiger partial charge on any atom is -0.339 e. The molecule has 1 heterocycles. The van der Waals surface area contributed by atoms with Crippen molar-refractivity contribution in [1.82, 2.24) is 10.1 Å². The third kappa shape index (κ3) is 4.05. The van der Waals surface area contributed by atoms with Crippen LogP contribution in [-0.2, 0) is 6.42 Å². The molecule has 20 heavy (non-hydrogen) atoms. The van der Waals surface area contributed by atoms with Crippen LogP contribution in [0.3, 0.4) is 0 Å². The summed E-state index contributed by atoms with van der Waals surface area (Å²) in [7, 11) is 0. The molecule has 0 spiro atoms. The molecule has 0 amide bonds. The van der Waals surface area contributed by atoms with Gasteiger partial charge in [-0.25, -0.2) is 0 Å². The first kappa shape index (κ1) is 15.0. The molecule has 1 unspecified atom stereocenters. The minimum atomic E-state index is 0.592. The van der Waals surface area contributed by atoms with E-state index in [-0.39, 0.29) is 0 Å². The molecule has 1 aromatic heterocycles. The molecule has 0 saturated heterocycles. The molecule has 0 bridgehead atoms. The van der Waals surface area contributed by atoms with Crippen molar-refractivity contribution in [3.05, 3.63) is 35.2 Å². The summed E-state index contributed by atoms with van der Waals surface area (Å²) in [6.07, 6.45) is 4.01. The summed E-state index contributed by atoms with van der Waals surface area (Å²) in [4.78, 5) is 4.42. The lowest BCUT2D eigenvalue weighted by Crippen LogP contribution is -2.09. The van der Waals surface area contributed by atoms with Crippen molar-refractivity contribution in [2.24, 2.45) is 11.7 Å². The quantitative estimate of drug-likeness (QED) is 0.845. The number of benzene rings is 1. The Morgan fingerprint density at radius 2 is 2.20 bits per heavy atom. The van der Waals surface area contributed by atoms with Gasteiger partial charge in [0.15, 0.2) is 0 Å². The lowest BCUT2D eigenvalue weighted by atomic mass is 9.97. The van der Waals surface area contributed by atoms with Crippen LogP contribution >= 0.6 is 11.6 Å². The highest BCUT2D eigenvalue weighted by Gasteiger charge is 2.11. The van der Waals surface area contributed by atoms with Gasteiger partial charge >= 0.3 is 0 Å². The van der Waals surface area contributed by atoms with Gasteiger partial charge < -0.3 is 10.3 Å². The Morgan fingerprint density at radius 3 is 2.90 bits per heavy atom. The van der Waals surface area contributed by atoms with E-state index in [1.54, 1.807) is 0 Å². The Labute approximate surface area is 124 Å². The van der Waals surface area contributed by atoms with Crippen molar-refractivity contribution in [3.8, 4) is 11.4 Å². The van der Waals surface area contributed by atoms with Crippen LogP contribution in [-0.4, -0.2) is 16.7 Å². The summed E-state index contributed by atoms with van der Waals surface area (Å²) in [5, 5.41) is 4.68. The number of rotatable bonds is 7. The smallest absolute Gasteiger partial charge is 0.226 e. The van der Waals surface area contributed by atoms with Crippen LogP contribution in [0.25, 0.3) is 11.4 Å². The minimum absolute atomic E-state index is 0.592. The first-order valence-corrected chi connectivity index (χ1v) is 7.39. The molecule has 108 valence electrons. The van der Waals surface area contributed by atoms with Crippen molar-refractivity contribution in [2.75, 3.05) is 6.54 Å². The lowest BCUT2D eigenvalue weighted by Gasteiger charge is -2.11. The highest BCUT2D eigenvalue weighted by Crippen LogP contribution is 2.21. The average molecular weight is 294 g/mol. The zero-order chi connectivity index (χ0) is 14.4. The van der Waals surface area contributed by atoms with E-state index in [4.69, 9.17) is 21.9 Å². The fourth-order valence-corrected chi connectivity index (χ4v) is 2.41. The summed E-state index contributed by atoms with van der Waals surface area (Å²) >= 11 is 5.96. The molecule has 2 aromatic rings. The van der Waals surface area contributed by atoms with E-state index in [0.29, 0.717) is 22.7 Å². The highest BCUT2D eigenvalue weighted by atomic mass is 35.5. The van der Waals surface area contributed by atoms with Gasteiger partial charge in [0.2, 0.25) is 11.7 Å². The molecule has 0 aliphatic rings. The Balaban J connectivity index is 1.99. The Kier molecular flexibility index (Phi) is 5.56. The molecule has 0 fully saturated rings. The van der Waals surface area contributed by atoms with E-state index in [1.165, 1.54) is 0 Å². The van der Waals surface area contributed by atoms with Gasteiger partial charge in [-0.2, -0.15) is 4.98 Å². The standard InChI is InChI=1S/C15H20ClN3O/c1-2-11(8-9-17)6-7-14-18-15(19-20-14)12-4-3-5-13(16)10-12/h3-5,10-11H,2,6-9,17H2,1H3. The molecule has 2 N–H and O–H groups in total. The van der Waals surface area contributed by atoms with Gasteiger partial charge in [0.05, 0.1) is 0 Å². The van der Waals surface area contributed by atoms with E-state index in [2.05, 4.69) is 17.1 Å². The van der Waals surface area contributed by atoms with E-state index < -0.39 is 0 Å². The number of halogens is 1. The van der Waals surface area contributed by atoms with Gasteiger partial charge in [-0.15, -0.1) is 0 Å². The van der Waals surface area contributed by atoms with Gasteiger partial charge in [-0.1, -0.05) is 42.2 Å². The monoisotopic (exact) mass is 293 g/mol. The highest BCUT2D eigenvalue weighted by molar-refractivity contribution is 6.30. The molecule has 1 aromatic carbocycles. The number of hydrogen-bond donors (Lipinski definition) is 1. The first-order chi connectivity index (χ1) is 9.72. The second kappa shape index (κ2) is 7.41. The van der Waals surface area contributed by atoms with E-state index >= 15 is 0 Å². The van der Waals surface area contributed by atoms with Gasteiger partial charge in [0.25, 0.3) is 0 Å². The van der Waals surface area contributed by atoms with Crippen molar-refractivity contribution < 1.29 is 4.52 Å². The van der Waals surface area contributed by atoms with Crippen molar-refractivity contribution in [2.45, 2.75) is 32.6 Å². The Morgan fingerprint density at radius 1 is 1.35 bits per heavy atom. The molecule has 0 saturated carbocycles. The van der Waals surface area contributed by atoms with Crippen molar-refractivity contribution in [1.29, 1.82) is 0 Å². The zero-order valence-corrected chi connectivity index (χ0v) is 12.4. The van der Waals surface area contributed by atoms with Crippen LogP contribution in [0.5, 0.6) is 0 Å². The zero-order valence-electron chi connectivity index (χ0n) is 11.7. The molecule has 1 atom stereocenters. The van der Waals surface area contributed by atoms with Crippen LogP contribution in [0, 0.1) is 5.92 Å². The molecule has 5 heteroatoms. The molecule has 0 aliphatic heterocycles. The second-order valence-corrected chi connectivity index (χ2v) is 5.35. The van der Waals surface area contributed by atoms with Gasteiger partial charge in [0, 0.05) is 17.0 Å². The third-order valence-corrected chi connectivity index (χ3v) is 3.70. The predicted molar refractivity (Wildman–Crippen MR) is 80.5 cm³/mol. The summed E-state index contributed by atoms with van der Waals surface area (Å²) < 4.78 is 5.30. The summed E-state index contributed by atoms with van der Waals surface area (Å²) in [6.45, 7) is 2.92. The normalized spacial score (nSPS) is 12.6. The topological polar surface area (TPSA) is 64.9 Å². The predicted octanol–water partition coefficient (Wildman–Crippen LogP) is 3.70. The van der Waals surface area contributed by atoms with E-state index in [0.717, 1.165) is 37.8 Å². The summed E-state index contributed by atoms with van der Waals surface area (Å²) in [6, 6.07) is 7.45. The number of nitrogens with zero attached hydrogens (tertiary/aromatic N) is 2. The number of nitrogens with two attached hydrogens (primary N) is 1. The van der Waals surface area contributed by atoms with Crippen LogP contribution in [0.1, 0.15) is 32.1 Å². The Hall–Kier alpha value is -1.39. The fraction of sp³-hybridized carbons (Fsp3) is 0.467. The van der Waals surface area contributed by atoms with Gasteiger partial charge in [-0.05, 0) is 37.4 Å². The fourth-order valence-electron chi connectivity index (χ4n) is 2.22. The molecule has 4 nitrogen and oxygen atoms in total. The molecular formula is C15H20ClN3O. The van der Waals surface area contributed by atoms with Gasteiger partial charge in [-0.3, -0.25) is 0 Å². The molecular weight excluding hydrogens is 274 g/mol. The second-order valence-electron chi connectivity index (χ2n) is 4.91. The van der Waals surface area contributed by atoms with E-state index in [9.17, 15) is 0 Å². The van der Waals surface area contributed by atoms with E-state index in [1.807, 2.05) is 24.3 Å². The van der Waals surface area contributed by atoms with Crippen molar-refractivity contribution in [3.63, 3.8) is 0 Å². The maximum Gasteiger partial charge on any atom is 0.226 e. The molecule has 2 rings (SSSR count). The van der Waals surface area contributed by atoms with Crippen LogP contribution in [0.2, 0.25) is 5.02 Å². The summed E-state index contributed by atoms with van der Waals surface area (Å²) in [5.74, 6) is 1.89. The number of hydrogen-bond acceptors (Lipinski definition) is 4. The average Bonchev–Trinajstić information content (AvgIpc) is 2.92.